The van der Waals surface area contributed by atoms with Gasteiger partial charge in [0.05, 0.1) is 0 Å². The standard InChI is InChI=1S/C16H15ClFNO2/c1-16(15(20)21,10-11-5-7-13(18)8-6-11)19-14-4-2-3-12(17)9-14/h2-9,19H,10H2,1H3,(H,20,21). The minimum Gasteiger partial charge on any atom is -0.480 e. The van der Waals surface area contributed by atoms with Crippen molar-refractivity contribution in [3.63, 3.8) is 0 Å². The summed E-state index contributed by atoms with van der Waals surface area (Å²) in [4.78, 5) is 11.6. The van der Waals surface area contributed by atoms with Gasteiger partial charge in [-0.25, -0.2) is 9.18 Å². The summed E-state index contributed by atoms with van der Waals surface area (Å²) in [5.41, 5.74) is 0.132. The van der Waals surface area contributed by atoms with Gasteiger partial charge in [-0.1, -0.05) is 29.8 Å². The van der Waals surface area contributed by atoms with Crippen molar-refractivity contribution in [1.29, 1.82) is 0 Å². The highest BCUT2D eigenvalue weighted by Gasteiger charge is 2.33. The lowest BCUT2D eigenvalue weighted by Crippen LogP contribution is -2.45. The summed E-state index contributed by atoms with van der Waals surface area (Å²) in [7, 11) is 0. The van der Waals surface area contributed by atoms with Crippen LogP contribution in [0.4, 0.5) is 10.1 Å². The molecule has 0 saturated carbocycles. The molecule has 0 saturated heterocycles. The molecule has 0 aliphatic rings. The molecular weight excluding hydrogens is 293 g/mol. The first kappa shape index (κ1) is 15.3. The number of aliphatic carboxylic acids is 1. The number of carboxylic acids is 1. The van der Waals surface area contributed by atoms with Crippen LogP contribution in [0.15, 0.2) is 48.5 Å². The Bertz CT molecular complexity index is 645. The second-order valence-corrected chi connectivity index (χ2v) is 5.51. The second-order valence-electron chi connectivity index (χ2n) is 5.08. The van der Waals surface area contributed by atoms with E-state index < -0.39 is 11.5 Å². The molecule has 2 aromatic rings. The van der Waals surface area contributed by atoms with Gasteiger partial charge < -0.3 is 10.4 Å². The topological polar surface area (TPSA) is 49.3 Å². The molecule has 3 nitrogen and oxygen atoms in total. The van der Waals surface area contributed by atoms with Crippen molar-refractivity contribution in [2.45, 2.75) is 18.9 Å². The van der Waals surface area contributed by atoms with E-state index in [1.54, 1.807) is 43.3 Å². The molecule has 0 aliphatic heterocycles. The Kier molecular flexibility index (Phi) is 4.48. The molecule has 5 heteroatoms. The largest absolute Gasteiger partial charge is 0.480 e. The lowest BCUT2D eigenvalue weighted by molar-refractivity contribution is -0.141. The number of halogens is 2. The van der Waals surface area contributed by atoms with E-state index >= 15 is 0 Å². The predicted molar refractivity (Wildman–Crippen MR) is 81.2 cm³/mol. The molecule has 0 bridgehead atoms. The van der Waals surface area contributed by atoms with Crippen molar-refractivity contribution >= 4 is 23.3 Å². The van der Waals surface area contributed by atoms with Gasteiger partial charge >= 0.3 is 5.97 Å². The third-order valence-electron chi connectivity index (χ3n) is 3.19. The first-order chi connectivity index (χ1) is 9.89. The third kappa shape index (κ3) is 3.95. The van der Waals surface area contributed by atoms with Crippen LogP contribution in [-0.4, -0.2) is 16.6 Å². The lowest BCUT2D eigenvalue weighted by atomic mass is 9.92. The quantitative estimate of drug-likeness (QED) is 0.878. The zero-order valence-electron chi connectivity index (χ0n) is 11.4. The SMILES string of the molecule is CC(Cc1ccc(F)cc1)(Nc1cccc(Cl)c1)C(=O)O. The number of benzene rings is 2. The summed E-state index contributed by atoms with van der Waals surface area (Å²) in [5, 5.41) is 13.0. The molecule has 0 aromatic heterocycles. The summed E-state index contributed by atoms with van der Waals surface area (Å²) >= 11 is 5.90. The fourth-order valence-electron chi connectivity index (χ4n) is 2.07. The maximum atomic E-state index is 12.9. The van der Waals surface area contributed by atoms with E-state index in [-0.39, 0.29) is 12.2 Å². The number of anilines is 1. The van der Waals surface area contributed by atoms with E-state index in [4.69, 9.17) is 11.6 Å². The summed E-state index contributed by atoms with van der Waals surface area (Å²) in [6.07, 6.45) is 0.217. The zero-order chi connectivity index (χ0) is 15.5. The minimum atomic E-state index is -1.22. The number of hydrogen-bond donors (Lipinski definition) is 2. The van der Waals surface area contributed by atoms with Crippen LogP contribution in [0.25, 0.3) is 0 Å². The highest BCUT2D eigenvalue weighted by molar-refractivity contribution is 6.30. The number of nitrogens with one attached hydrogen (secondary N) is 1. The van der Waals surface area contributed by atoms with Gasteiger partial charge in [-0.3, -0.25) is 0 Å². The Morgan fingerprint density at radius 2 is 1.95 bits per heavy atom. The Morgan fingerprint density at radius 3 is 2.52 bits per heavy atom. The van der Waals surface area contributed by atoms with E-state index in [0.717, 1.165) is 5.56 Å². The smallest absolute Gasteiger partial charge is 0.329 e. The van der Waals surface area contributed by atoms with Gasteiger partial charge in [0.2, 0.25) is 0 Å². The molecule has 2 N–H and O–H groups in total. The van der Waals surface area contributed by atoms with E-state index in [0.29, 0.717) is 10.7 Å². The van der Waals surface area contributed by atoms with E-state index in [9.17, 15) is 14.3 Å². The van der Waals surface area contributed by atoms with Crippen LogP contribution in [0.2, 0.25) is 5.02 Å². The molecule has 0 aliphatic carbocycles. The number of carboxylic acid groups (broad SMARTS) is 1. The van der Waals surface area contributed by atoms with Crippen molar-refractivity contribution in [2.24, 2.45) is 0 Å². The van der Waals surface area contributed by atoms with Crippen LogP contribution in [0, 0.1) is 5.82 Å². The van der Waals surface area contributed by atoms with Gasteiger partial charge in [-0.15, -0.1) is 0 Å². The maximum absolute atomic E-state index is 12.9. The minimum absolute atomic E-state index is 0.217. The average molecular weight is 308 g/mol. The number of rotatable bonds is 5. The molecule has 0 heterocycles. The fourth-order valence-corrected chi connectivity index (χ4v) is 2.26. The van der Waals surface area contributed by atoms with Gasteiger partial charge in [0.1, 0.15) is 11.4 Å². The highest BCUT2D eigenvalue weighted by atomic mass is 35.5. The summed E-state index contributed by atoms with van der Waals surface area (Å²) in [5.74, 6) is -1.34. The van der Waals surface area contributed by atoms with Crippen molar-refractivity contribution in [3.05, 3.63) is 64.9 Å². The molecule has 0 fully saturated rings. The number of hydrogen-bond acceptors (Lipinski definition) is 2. The van der Waals surface area contributed by atoms with E-state index in [1.165, 1.54) is 12.1 Å². The molecule has 1 atom stereocenters. The molecule has 2 aromatic carbocycles. The first-order valence-corrected chi connectivity index (χ1v) is 6.78. The zero-order valence-corrected chi connectivity index (χ0v) is 12.2. The molecule has 0 spiro atoms. The molecule has 21 heavy (non-hydrogen) atoms. The third-order valence-corrected chi connectivity index (χ3v) is 3.42. The van der Waals surface area contributed by atoms with Crippen molar-refractivity contribution in [1.82, 2.24) is 0 Å². The normalized spacial score (nSPS) is 13.5. The maximum Gasteiger partial charge on any atom is 0.329 e. The van der Waals surface area contributed by atoms with Crippen LogP contribution in [0.5, 0.6) is 0 Å². The Morgan fingerprint density at radius 1 is 1.29 bits per heavy atom. The van der Waals surface area contributed by atoms with Crippen LogP contribution < -0.4 is 5.32 Å². The molecule has 2 rings (SSSR count). The van der Waals surface area contributed by atoms with Crippen molar-refractivity contribution < 1.29 is 14.3 Å². The molecule has 0 radical (unpaired) electrons. The van der Waals surface area contributed by atoms with Gasteiger partial charge in [0.15, 0.2) is 0 Å². The van der Waals surface area contributed by atoms with Crippen LogP contribution >= 0.6 is 11.6 Å². The predicted octanol–water partition coefficient (Wildman–Crippen LogP) is 3.98. The lowest BCUT2D eigenvalue weighted by Gasteiger charge is -2.27. The second kappa shape index (κ2) is 6.14. The Labute approximate surface area is 127 Å². The van der Waals surface area contributed by atoms with Gasteiger partial charge in [-0.05, 0) is 42.8 Å². The van der Waals surface area contributed by atoms with E-state index in [1.807, 2.05) is 0 Å². The van der Waals surface area contributed by atoms with Gasteiger partial charge in [0.25, 0.3) is 0 Å². The average Bonchev–Trinajstić information content (AvgIpc) is 2.41. The Balaban J connectivity index is 2.23. The Hall–Kier alpha value is -2.07. The van der Waals surface area contributed by atoms with Crippen molar-refractivity contribution in [2.75, 3.05) is 5.32 Å². The molecular formula is C16H15ClFNO2. The van der Waals surface area contributed by atoms with Gasteiger partial charge in [-0.2, -0.15) is 0 Å². The highest BCUT2D eigenvalue weighted by Crippen LogP contribution is 2.23. The summed E-state index contributed by atoms with van der Waals surface area (Å²) < 4.78 is 12.9. The molecule has 0 amide bonds. The van der Waals surface area contributed by atoms with Crippen LogP contribution in [-0.2, 0) is 11.2 Å². The first-order valence-electron chi connectivity index (χ1n) is 6.41. The summed E-state index contributed by atoms with van der Waals surface area (Å²) in [6, 6.07) is 12.7. The monoisotopic (exact) mass is 307 g/mol. The molecule has 1 unspecified atom stereocenters. The van der Waals surface area contributed by atoms with Crippen LogP contribution in [0.1, 0.15) is 12.5 Å². The van der Waals surface area contributed by atoms with E-state index in [2.05, 4.69) is 5.32 Å². The van der Waals surface area contributed by atoms with Crippen molar-refractivity contribution in [3.8, 4) is 0 Å². The molecule has 110 valence electrons. The number of carbonyl (C=O) groups is 1. The summed E-state index contributed by atoms with van der Waals surface area (Å²) in [6.45, 7) is 1.58. The van der Waals surface area contributed by atoms with Gasteiger partial charge in [0, 0.05) is 17.1 Å². The van der Waals surface area contributed by atoms with Crippen LogP contribution in [0.3, 0.4) is 0 Å². The fraction of sp³-hybridized carbons (Fsp3) is 0.188.